The number of fused-ring (bicyclic) bond motifs is 1. The molecule has 1 heterocycles. The normalized spacial score (nSPS) is 13.8. The number of aliphatic imine (C=N–C) groups is 3. The number of carbonyl (C=O) groups excluding carboxylic acids is 1. The van der Waals surface area contributed by atoms with Crippen LogP contribution in [-0.4, -0.2) is 70.2 Å². The summed E-state index contributed by atoms with van der Waals surface area (Å²) in [6.45, 7) is 2.55. The van der Waals surface area contributed by atoms with Crippen molar-refractivity contribution in [2.24, 2.45) is 20.7 Å². The molecule has 0 aromatic heterocycles. The largest absolute Gasteiger partial charge is 0.493 e. The molecule has 36 heavy (non-hydrogen) atoms. The second-order valence-corrected chi connectivity index (χ2v) is 8.28. The van der Waals surface area contributed by atoms with E-state index in [4.69, 9.17) is 24.7 Å². The highest BCUT2D eigenvalue weighted by atomic mass is 32.2. The van der Waals surface area contributed by atoms with Gasteiger partial charge in [-0.3, -0.25) is 9.79 Å². The van der Waals surface area contributed by atoms with Crippen molar-refractivity contribution in [1.29, 1.82) is 0 Å². The molecule has 2 aromatic carbocycles. The summed E-state index contributed by atoms with van der Waals surface area (Å²) >= 11 is 1.53. The Balaban J connectivity index is 0.000000319. The van der Waals surface area contributed by atoms with Gasteiger partial charge in [-0.2, -0.15) is 4.99 Å². The van der Waals surface area contributed by atoms with E-state index in [9.17, 15) is 4.79 Å². The van der Waals surface area contributed by atoms with E-state index in [-0.39, 0.29) is 25.3 Å². The monoisotopic (exact) mass is 514 g/mol. The van der Waals surface area contributed by atoms with Crippen molar-refractivity contribution in [1.82, 2.24) is 0 Å². The minimum absolute atomic E-state index is 0.216. The van der Waals surface area contributed by atoms with E-state index in [1.807, 2.05) is 42.7 Å². The molecule has 1 aliphatic rings. The maximum atomic E-state index is 10.6. The molecular weight excluding hydrogens is 480 g/mol. The maximum absolute atomic E-state index is 10.6. The summed E-state index contributed by atoms with van der Waals surface area (Å²) in [5.74, 6) is 1.56. The standard InChI is InChI=1S/C17H24N2O4S.C9H10N2O/c1-18-15(17(24-4)19-10-22-11-20-2)13-8-12-6-5-7-23-16(12)14(9-13)21-3;1-7(12)11-9(10)8-5-3-2-4-6-8/h8-9H,5-7,10-11H2,1-4H3;2-6H,1H3,(H2,10,11,12)/b18-15?,19-17-;. The van der Waals surface area contributed by atoms with Gasteiger partial charge in [0.05, 0.1) is 19.4 Å². The van der Waals surface area contributed by atoms with Crippen molar-refractivity contribution in [3.8, 4) is 11.5 Å². The molecule has 0 spiro atoms. The Morgan fingerprint density at radius 3 is 2.53 bits per heavy atom. The van der Waals surface area contributed by atoms with Crippen LogP contribution in [0.2, 0.25) is 0 Å². The van der Waals surface area contributed by atoms with Gasteiger partial charge in [0.15, 0.2) is 11.5 Å². The lowest BCUT2D eigenvalue weighted by atomic mass is 10.00. The molecule has 0 radical (unpaired) electrons. The van der Waals surface area contributed by atoms with Gasteiger partial charge in [-0.1, -0.05) is 30.3 Å². The van der Waals surface area contributed by atoms with Crippen molar-refractivity contribution in [3.63, 3.8) is 0 Å². The molecule has 10 heteroatoms. The van der Waals surface area contributed by atoms with Gasteiger partial charge in [-0.05, 0) is 36.8 Å². The fourth-order valence-corrected chi connectivity index (χ4v) is 3.97. The van der Waals surface area contributed by atoms with Crippen LogP contribution in [0.3, 0.4) is 0 Å². The van der Waals surface area contributed by atoms with Crippen molar-refractivity contribution < 1.29 is 23.7 Å². The minimum atomic E-state index is -0.281. The molecule has 0 fully saturated rings. The third-order valence-corrected chi connectivity index (χ3v) is 5.64. The van der Waals surface area contributed by atoms with E-state index in [2.05, 4.69) is 21.0 Å². The van der Waals surface area contributed by atoms with Crippen LogP contribution < -0.4 is 15.2 Å². The summed E-state index contributed by atoms with van der Waals surface area (Å²) in [4.78, 5) is 23.1. The number of hydrogen-bond donors (Lipinski definition) is 1. The van der Waals surface area contributed by atoms with Gasteiger partial charge < -0.3 is 24.7 Å². The first-order valence-electron chi connectivity index (χ1n) is 11.3. The highest BCUT2D eigenvalue weighted by Gasteiger charge is 2.20. The lowest BCUT2D eigenvalue weighted by Gasteiger charge is -2.21. The molecule has 1 amide bonds. The zero-order valence-electron chi connectivity index (χ0n) is 21.4. The van der Waals surface area contributed by atoms with E-state index in [1.165, 1.54) is 18.7 Å². The molecule has 2 aromatic rings. The van der Waals surface area contributed by atoms with Crippen LogP contribution in [0.1, 0.15) is 30.0 Å². The van der Waals surface area contributed by atoms with Crippen LogP contribution >= 0.6 is 11.8 Å². The average Bonchev–Trinajstić information content (AvgIpc) is 2.90. The Morgan fingerprint density at radius 1 is 1.17 bits per heavy atom. The fraction of sp³-hybridized carbons (Fsp3) is 0.385. The number of nitrogens with zero attached hydrogens (tertiary/aromatic N) is 3. The van der Waals surface area contributed by atoms with Gasteiger partial charge in [-0.15, -0.1) is 11.8 Å². The maximum Gasteiger partial charge on any atom is 0.244 e. The van der Waals surface area contributed by atoms with E-state index in [0.717, 1.165) is 58.4 Å². The Morgan fingerprint density at radius 2 is 1.92 bits per heavy atom. The van der Waals surface area contributed by atoms with E-state index in [1.54, 1.807) is 21.3 Å². The van der Waals surface area contributed by atoms with Crippen molar-refractivity contribution in [2.45, 2.75) is 19.8 Å². The molecule has 0 atom stereocenters. The lowest BCUT2D eigenvalue weighted by Crippen LogP contribution is -2.16. The quantitative estimate of drug-likeness (QED) is 0.247. The Kier molecular flexibility index (Phi) is 12.7. The van der Waals surface area contributed by atoms with Gasteiger partial charge in [-0.25, -0.2) is 4.99 Å². The molecule has 1 aliphatic heterocycles. The SMILES string of the molecule is CC(=O)N=C(N)c1ccccc1.CN=C(/C(=N/COCOC)SC)c1cc2c(c(OC)c1)OCCC2. The molecule has 3 rings (SSSR count). The van der Waals surface area contributed by atoms with Gasteiger partial charge in [0, 0.05) is 32.2 Å². The second-order valence-electron chi connectivity index (χ2n) is 7.48. The molecule has 0 saturated carbocycles. The predicted octanol–water partition coefficient (Wildman–Crippen LogP) is 3.72. The first kappa shape index (κ1) is 29.0. The number of aryl methyl sites for hydroxylation is 1. The smallest absolute Gasteiger partial charge is 0.244 e. The summed E-state index contributed by atoms with van der Waals surface area (Å²) in [5.41, 5.74) is 9.23. The molecule has 0 unspecified atom stereocenters. The number of methoxy groups -OCH3 is 2. The van der Waals surface area contributed by atoms with Crippen molar-refractivity contribution in [3.05, 3.63) is 59.2 Å². The predicted molar refractivity (Wildman–Crippen MR) is 146 cm³/mol. The second kappa shape index (κ2) is 15.7. The number of hydrogen-bond acceptors (Lipinski definition) is 8. The number of thioether (sulfide) groups is 1. The Bertz CT molecular complexity index is 1070. The van der Waals surface area contributed by atoms with Crippen LogP contribution in [0, 0.1) is 0 Å². The first-order chi connectivity index (χ1) is 17.4. The molecule has 0 bridgehead atoms. The third-order valence-electron chi connectivity index (χ3n) is 4.93. The molecule has 0 aliphatic carbocycles. The van der Waals surface area contributed by atoms with Crippen LogP contribution in [0.4, 0.5) is 0 Å². The zero-order chi connectivity index (χ0) is 26.3. The highest BCUT2D eigenvalue weighted by Crippen LogP contribution is 2.36. The van der Waals surface area contributed by atoms with Gasteiger partial charge in [0.25, 0.3) is 0 Å². The summed E-state index contributed by atoms with van der Waals surface area (Å²) in [6, 6.07) is 13.2. The first-order valence-corrected chi connectivity index (χ1v) is 12.5. The lowest BCUT2D eigenvalue weighted by molar-refractivity contribution is -0.115. The fourth-order valence-electron chi connectivity index (χ4n) is 3.39. The van der Waals surface area contributed by atoms with Crippen LogP contribution in [0.15, 0.2) is 57.4 Å². The van der Waals surface area contributed by atoms with Crippen molar-refractivity contribution >= 4 is 34.3 Å². The number of nitrogens with two attached hydrogens (primary N) is 1. The van der Waals surface area contributed by atoms with Crippen LogP contribution in [0.5, 0.6) is 11.5 Å². The summed E-state index contributed by atoms with van der Waals surface area (Å²) in [5, 5.41) is 0.812. The third kappa shape index (κ3) is 8.78. The van der Waals surface area contributed by atoms with Crippen LogP contribution in [0.25, 0.3) is 0 Å². The van der Waals surface area contributed by atoms with E-state index in [0.29, 0.717) is 0 Å². The summed E-state index contributed by atoms with van der Waals surface area (Å²) < 4.78 is 21.4. The van der Waals surface area contributed by atoms with Crippen LogP contribution in [-0.2, 0) is 20.7 Å². The number of amides is 1. The number of amidine groups is 1. The molecule has 9 nitrogen and oxygen atoms in total. The van der Waals surface area contributed by atoms with Gasteiger partial charge in [0.1, 0.15) is 24.4 Å². The molecule has 2 N–H and O–H groups in total. The Labute approximate surface area is 216 Å². The van der Waals surface area contributed by atoms with Gasteiger partial charge >= 0.3 is 0 Å². The summed E-state index contributed by atoms with van der Waals surface area (Å²) in [7, 11) is 5.00. The number of rotatable bonds is 8. The minimum Gasteiger partial charge on any atom is -0.493 e. The number of ether oxygens (including phenoxy) is 4. The molecule has 194 valence electrons. The molecular formula is C26H34N4O5S. The van der Waals surface area contributed by atoms with E-state index >= 15 is 0 Å². The topological polar surface area (TPSA) is 117 Å². The number of benzene rings is 2. The highest BCUT2D eigenvalue weighted by molar-refractivity contribution is 8.15. The molecule has 0 saturated heterocycles. The number of carbonyl (C=O) groups is 1. The van der Waals surface area contributed by atoms with Gasteiger partial charge in [0.2, 0.25) is 5.91 Å². The summed E-state index contributed by atoms with van der Waals surface area (Å²) in [6.07, 6.45) is 3.95. The average molecular weight is 515 g/mol. The van der Waals surface area contributed by atoms with E-state index < -0.39 is 0 Å². The zero-order valence-corrected chi connectivity index (χ0v) is 22.3. The Hall–Kier alpha value is -3.21. The van der Waals surface area contributed by atoms with Crippen molar-refractivity contribution in [2.75, 3.05) is 47.7 Å².